The van der Waals surface area contributed by atoms with Gasteiger partial charge in [-0.05, 0) is 31.4 Å². The van der Waals surface area contributed by atoms with Crippen LogP contribution in [0.15, 0.2) is 18.3 Å². The number of pyridine rings is 1. The van der Waals surface area contributed by atoms with E-state index < -0.39 is 12.1 Å². The van der Waals surface area contributed by atoms with E-state index in [9.17, 15) is 13.2 Å². The van der Waals surface area contributed by atoms with Crippen LogP contribution in [0.1, 0.15) is 31.4 Å². The monoisotopic (exact) mass is 273 g/mol. The summed E-state index contributed by atoms with van der Waals surface area (Å²) < 4.78 is 38.2. The third-order valence-electron chi connectivity index (χ3n) is 3.50. The third kappa shape index (κ3) is 3.37. The topological polar surface area (TPSA) is 42.1 Å². The average molecular weight is 273 g/mol. The highest BCUT2D eigenvalue weighted by Gasteiger charge is 2.41. The van der Waals surface area contributed by atoms with Crippen molar-refractivity contribution in [3.63, 3.8) is 0 Å². The number of piperidine rings is 1. The van der Waals surface area contributed by atoms with Crippen molar-refractivity contribution >= 4 is 5.82 Å². The maximum atomic E-state index is 12.7. The van der Waals surface area contributed by atoms with Crippen molar-refractivity contribution in [2.45, 2.75) is 32.0 Å². The molecule has 0 radical (unpaired) electrons. The molecule has 1 aliphatic heterocycles. The van der Waals surface area contributed by atoms with E-state index in [2.05, 4.69) is 4.98 Å². The number of rotatable bonds is 2. The van der Waals surface area contributed by atoms with Crippen LogP contribution in [0.3, 0.4) is 0 Å². The van der Waals surface area contributed by atoms with Gasteiger partial charge in [0.1, 0.15) is 5.82 Å². The van der Waals surface area contributed by atoms with Crippen molar-refractivity contribution in [2.24, 2.45) is 11.7 Å². The Kier molecular flexibility index (Phi) is 3.99. The Morgan fingerprint density at radius 3 is 2.68 bits per heavy atom. The van der Waals surface area contributed by atoms with Crippen molar-refractivity contribution in [3.8, 4) is 0 Å². The summed E-state index contributed by atoms with van der Waals surface area (Å²) in [5.41, 5.74) is 6.60. The van der Waals surface area contributed by atoms with Crippen molar-refractivity contribution < 1.29 is 13.2 Å². The van der Waals surface area contributed by atoms with Gasteiger partial charge in [-0.1, -0.05) is 6.07 Å². The molecule has 1 saturated heterocycles. The summed E-state index contributed by atoms with van der Waals surface area (Å²) in [5.74, 6) is -0.658. The predicted octanol–water partition coefficient (Wildman–Crippen LogP) is 2.88. The Balaban J connectivity index is 2.09. The molecule has 1 aromatic rings. The average Bonchev–Trinajstić information content (AvgIpc) is 2.38. The molecule has 2 atom stereocenters. The number of nitrogens with zero attached hydrogens (tertiary/aromatic N) is 2. The first-order chi connectivity index (χ1) is 8.88. The second kappa shape index (κ2) is 5.36. The molecule has 0 amide bonds. The normalized spacial score (nSPS) is 22.4. The van der Waals surface area contributed by atoms with Gasteiger partial charge in [0.05, 0.1) is 5.92 Å². The molecule has 6 heteroatoms. The first-order valence-electron chi connectivity index (χ1n) is 6.41. The fourth-order valence-electron chi connectivity index (χ4n) is 2.31. The summed E-state index contributed by atoms with van der Waals surface area (Å²) in [6.07, 6.45) is -1.74. The SMILES string of the molecule is C[C@@H](N)c1ccc(N2CCCC(C(F)(F)F)C2)nc1. The van der Waals surface area contributed by atoms with Crippen molar-refractivity contribution in [3.05, 3.63) is 23.9 Å². The molecular weight excluding hydrogens is 255 g/mol. The van der Waals surface area contributed by atoms with Gasteiger partial charge >= 0.3 is 6.18 Å². The zero-order valence-electron chi connectivity index (χ0n) is 10.8. The highest BCUT2D eigenvalue weighted by molar-refractivity contribution is 5.40. The van der Waals surface area contributed by atoms with Crippen LogP contribution in [0, 0.1) is 5.92 Å². The standard InChI is InChI=1S/C13H18F3N3/c1-9(17)10-4-5-12(18-7-10)19-6-2-3-11(8-19)13(14,15)16/h4-5,7,9,11H,2-3,6,8,17H2,1H3/t9-,11?/m1/s1. The lowest BCUT2D eigenvalue weighted by Gasteiger charge is -2.34. The van der Waals surface area contributed by atoms with E-state index in [0.29, 0.717) is 18.8 Å². The van der Waals surface area contributed by atoms with Gasteiger partial charge in [-0.2, -0.15) is 13.2 Å². The highest BCUT2D eigenvalue weighted by Crippen LogP contribution is 2.34. The van der Waals surface area contributed by atoms with E-state index in [1.165, 1.54) is 0 Å². The van der Waals surface area contributed by atoms with Crippen LogP contribution in [0.4, 0.5) is 19.0 Å². The largest absolute Gasteiger partial charge is 0.393 e. The second-order valence-electron chi connectivity index (χ2n) is 5.07. The smallest absolute Gasteiger partial charge is 0.356 e. The highest BCUT2D eigenvalue weighted by atomic mass is 19.4. The van der Waals surface area contributed by atoms with Crippen LogP contribution in [-0.4, -0.2) is 24.2 Å². The molecule has 1 unspecified atom stereocenters. The molecule has 1 aromatic heterocycles. The summed E-state index contributed by atoms with van der Waals surface area (Å²) in [6, 6.07) is 3.45. The van der Waals surface area contributed by atoms with E-state index >= 15 is 0 Å². The number of hydrogen-bond acceptors (Lipinski definition) is 3. The first-order valence-corrected chi connectivity index (χ1v) is 6.41. The minimum atomic E-state index is -4.12. The van der Waals surface area contributed by atoms with E-state index in [1.807, 2.05) is 13.0 Å². The van der Waals surface area contributed by atoms with Gasteiger partial charge in [-0.3, -0.25) is 0 Å². The maximum Gasteiger partial charge on any atom is 0.393 e. The molecule has 0 aliphatic carbocycles. The second-order valence-corrected chi connectivity index (χ2v) is 5.07. The Morgan fingerprint density at radius 1 is 1.42 bits per heavy atom. The number of nitrogens with two attached hydrogens (primary N) is 1. The van der Waals surface area contributed by atoms with E-state index in [0.717, 1.165) is 5.56 Å². The van der Waals surface area contributed by atoms with Gasteiger partial charge in [-0.15, -0.1) is 0 Å². The Morgan fingerprint density at radius 2 is 2.16 bits per heavy atom. The number of halogens is 3. The zero-order valence-corrected chi connectivity index (χ0v) is 10.8. The van der Waals surface area contributed by atoms with Crippen molar-refractivity contribution in [2.75, 3.05) is 18.0 Å². The first kappa shape index (κ1) is 14.1. The minimum absolute atomic E-state index is 0.00593. The molecular formula is C13H18F3N3. The Hall–Kier alpha value is -1.30. The molecule has 106 valence electrons. The molecule has 19 heavy (non-hydrogen) atoms. The molecule has 2 heterocycles. The van der Waals surface area contributed by atoms with E-state index in [1.54, 1.807) is 17.2 Å². The van der Waals surface area contributed by atoms with Gasteiger partial charge in [0, 0.05) is 25.3 Å². The fraction of sp³-hybridized carbons (Fsp3) is 0.615. The molecule has 2 rings (SSSR count). The summed E-state index contributed by atoms with van der Waals surface area (Å²) in [6.45, 7) is 2.46. The number of hydrogen-bond donors (Lipinski definition) is 1. The van der Waals surface area contributed by atoms with Crippen LogP contribution >= 0.6 is 0 Å². The summed E-state index contributed by atoms with van der Waals surface area (Å²) in [4.78, 5) is 5.92. The van der Waals surface area contributed by atoms with Gasteiger partial charge in [0.15, 0.2) is 0 Å². The fourth-order valence-corrected chi connectivity index (χ4v) is 2.31. The lowest BCUT2D eigenvalue weighted by Crippen LogP contribution is -2.42. The van der Waals surface area contributed by atoms with Crippen LogP contribution < -0.4 is 10.6 Å². The van der Waals surface area contributed by atoms with Gasteiger partial charge in [0.2, 0.25) is 0 Å². The van der Waals surface area contributed by atoms with Gasteiger partial charge in [0.25, 0.3) is 0 Å². The summed E-state index contributed by atoms with van der Waals surface area (Å²) in [7, 11) is 0. The number of anilines is 1. The summed E-state index contributed by atoms with van der Waals surface area (Å²) >= 11 is 0. The van der Waals surface area contributed by atoms with E-state index in [-0.39, 0.29) is 19.0 Å². The molecule has 2 N–H and O–H groups in total. The summed E-state index contributed by atoms with van der Waals surface area (Å²) in [5, 5.41) is 0. The minimum Gasteiger partial charge on any atom is -0.356 e. The molecule has 0 bridgehead atoms. The molecule has 1 aliphatic rings. The number of aromatic nitrogens is 1. The van der Waals surface area contributed by atoms with E-state index in [4.69, 9.17) is 5.73 Å². The van der Waals surface area contributed by atoms with Crippen molar-refractivity contribution in [1.82, 2.24) is 4.98 Å². The van der Waals surface area contributed by atoms with Crippen LogP contribution in [0.5, 0.6) is 0 Å². The zero-order chi connectivity index (χ0) is 14.0. The van der Waals surface area contributed by atoms with Crippen LogP contribution in [-0.2, 0) is 0 Å². The van der Waals surface area contributed by atoms with Crippen LogP contribution in [0.2, 0.25) is 0 Å². The number of alkyl halides is 3. The predicted molar refractivity (Wildman–Crippen MR) is 67.8 cm³/mol. The quantitative estimate of drug-likeness (QED) is 0.901. The maximum absolute atomic E-state index is 12.7. The van der Waals surface area contributed by atoms with Gasteiger partial charge < -0.3 is 10.6 Å². The molecule has 3 nitrogen and oxygen atoms in total. The Labute approximate surface area is 110 Å². The van der Waals surface area contributed by atoms with Crippen molar-refractivity contribution in [1.29, 1.82) is 0 Å². The third-order valence-corrected chi connectivity index (χ3v) is 3.50. The Bertz CT molecular complexity index is 414. The molecule has 0 aromatic carbocycles. The van der Waals surface area contributed by atoms with Gasteiger partial charge in [-0.25, -0.2) is 4.98 Å². The van der Waals surface area contributed by atoms with Crippen LogP contribution in [0.25, 0.3) is 0 Å². The molecule has 0 spiro atoms. The molecule has 1 fully saturated rings. The lowest BCUT2D eigenvalue weighted by atomic mass is 9.97. The molecule has 0 saturated carbocycles. The lowest BCUT2D eigenvalue weighted by molar-refractivity contribution is -0.176.